The zero-order valence-corrected chi connectivity index (χ0v) is 19.0. The number of halogens is 2. The molecular weight excluding hydrogens is 427 g/mol. The van der Waals surface area contributed by atoms with E-state index in [0.29, 0.717) is 12.3 Å². The summed E-state index contributed by atoms with van der Waals surface area (Å²) in [6, 6.07) is 10.6. The van der Waals surface area contributed by atoms with Gasteiger partial charge in [-0.2, -0.15) is 0 Å². The Morgan fingerprint density at radius 1 is 1.21 bits per heavy atom. The summed E-state index contributed by atoms with van der Waals surface area (Å²) >= 11 is 1.64. The molecule has 29 heavy (non-hydrogen) atoms. The number of thiazole rings is 1. The maximum atomic E-state index is 12.3. The number of amides is 1. The minimum atomic E-state index is 0. The maximum absolute atomic E-state index is 12.3. The molecule has 1 fully saturated rings. The van der Waals surface area contributed by atoms with Crippen molar-refractivity contribution in [3.8, 4) is 0 Å². The van der Waals surface area contributed by atoms with E-state index in [2.05, 4.69) is 50.8 Å². The van der Waals surface area contributed by atoms with Crippen molar-refractivity contribution in [2.24, 2.45) is 5.92 Å². The van der Waals surface area contributed by atoms with Crippen LogP contribution in [0.1, 0.15) is 41.8 Å². The van der Waals surface area contributed by atoms with E-state index in [1.807, 2.05) is 0 Å². The van der Waals surface area contributed by atoms with Crippen molar-refractivity contribution < 1.29 is 4.79 Å². The lowest BCUT2D eigenvalue weighted by Crippen LogP contribution is -2.29. The number of carbonyl (C=O) groups is 1. The van der Waals surface area contributed by atoms with Crippen LogP contribution in [0.3, 0.4) is 0 Å². The van der Waals surface area contributed by atoms with Crippen molar-refractivity contribution in [1.82, 2.24) is 15.2 Å². The van der Waals surface area contributed by atoms with E-state index in [0.717, 1.165) is 56.4 Å². The molecular formula is C21H30Cl2N4OS. The quantitative estimate of drug-likeness (QED) is 0.681. The molecule has 2 aromatic rings. The Bertz CT molecular complexity index is 765. The van der Waals surface area contributed by atoms with Gasteiger partial charge in [-0.15, -0.1) is 36.2 Å². The number of aromatic nitrogens is 1. The molecule has 0 unspecified atom stereocenters. The minimum Gasteiger partial charge on any atom is -0.317 e. The number of hydrogen-bond acceptors (Lipinski definition) is 5. The van der Waals surface area contributed by atoms with Gasteiger partial charge in [0.2, 0.25) is 5.91 Å². The first kappa shape index (κ1) is 24.1. The molecule has 0 atom stereocenters. The first-order valence-electron chi connectivity index (χ1n) is 10.0. The minimum absolute atomic E-state index is 0. The number of benzene rings is 1. The maximum Gasteiger partial charge on any atom is 0.226 e. The van der Waals surface area contributed by atoms with Crippen molar-refractivity contribution in [2.45, 2.75) is 45.2 Å². The third-order valence-electron chi connectivity index (χ3n) is 5.54. The Morgan fingerprint density at radius 2 is 1.97 bits per heavy atom. The number of nitrogens with zero attached hydrogens (tertiary/aromatic N) is 2. The molecule has 0 bridgehead atoms. The summed E-state index contributed by atoms with van der Waals surface area (Å²) in [5, 5.41) is 7.19. The van der Waals surface area contributed by atoms with Gasteiger partial charge in [0.15, 0.2) is 5.13 Å². The second-order valence-electron chi connectivity index (χ2n) is 7.62. The molecule has 5 nitrogen and oxygen atoms in total. The fourth-order valence-electron chi connectivity index (χ4n) is 3.97. The van der Waals surface area contributed by atoms with Crippen LogP contribution in [0.25, 0.3) is 0 Å². The Balaban J connectivity index is 0.00000150. The zero-order chi connectivity index (χ0) is 18.5. The molecule has 3 heterocycles. The number of rotatable bonds is 6. The number of fused-ring (bicyclic) bond motifs is 1. The molecule has 0 saturated carbocycles. The van der Waals surface area contributed by atoms with E-state index in [1.54, 1.807) is 11.3 Å². The topological polar surface area (TPSA) is 57.3 Å². The van der Waals surface area contributed by atoms with Crippen LogP contribution >= 0.6 is 36.2 Å². The van der Waals surface area contributed by atoms with Crippen LogP contribution < -0.4 is 10.6 Å². The molecule has 0 spiro atoms. The van der Waals surface area contributed by atoms with Crippen LogP contribution in [0.5, 0.6) is 0 Å². The smallest absolute Gasteiger partial charge is 0.226 e. The molecule has 160 valence electrons. The van der Waals surface area contributed by atoms with Crippen LogP contribution in [0.15, 0.2) is 30.3 Å². The van der Waals surface area contributed by atoms with E-state index in [4.69, 9.17) is 0 Å². The Labute approximate surface area is 189 Å². The van der Waals surface area contributed by atoms with Gasteiger partial charge >= 0.3 is 0 Å². The molecule has 1 aromatic carbocycles. The molecule has 8 heteroatoms. The Hall–Kier alpha value is -1.18. The SMILES string of the molecule is Cl.Cl.O=C(CCC1CCNCC1)Nc1nc2c(s1)CN(Cc1ccccc1)CC2. The van der Waals surface area contributed by atoms with Crippen molar-refractivity contribution in [1.29, 1.82) is 0 Å². The molecule has 4 rings (SSSR count). The Morgan fingerprint density at radius 3 is 2.72 bits per heavy atom. The molecule has 0 radical (unpaired) electrons. The summed E-state index contributed by atoms with van der Waals surface area (Å²) in [7, 11) is 0. The van der Waals surface area contributed by atoms with Crippen LogP contribution in [0, 0.1) is 5.92 Å². The average Bonchev–Trinajstić information content (AvgIpc) is 3.09. The molecule has 0 aliphatic carbocycles. The number of piperidine rings is 1. The van der Waals surface area contributed by atoms with Gasteiger partial charge in [-0.05, 0) is 43.8 Å². The highest BCUT2D eigenvalue weighted by Crippen LogP contribution is 2.29. The summed E-state index contributed by atoms with van der Waals surface area (Å²) in [4.78, 5) is 20.7. The van der Waals surface area contributed by atoms with Gasteiger partial charge in [-0.3, -0.25) is 9.69 Å². The highest BCUT2D eigenvalue weighted by atomic mass is 35.5. The van der Waals surface area contributed by atoms with Crippen molar-refractivity contribution in [2.75, 3.05) is 25.0 Å². The van der Waals surface area contributed by atoms with Crippen molar-refractivity contribution >= 4 is 47.2 Å². The van der Waals surface area contributed by atoms with Crippen molar-refractivity contribution in [3.63, 3.8) is 0 Å². The fourth-order valence-corrected chi connectivity index (χ4v) is 5.03. The summed E-state index contributed by atoms with van der Waals surface area (Å²) in [6.45, 7) is 5.09. The highest BCUT2D eigenvalue weighted by Gasteiger charge is 2.22. The Kier molecular flexibility index (Phi) is 9.86. The van der Waals surface area contributed by atoms with Gasteiger partial charge in [0, 0.05) is 37.4 Å². The molecule has 2 N–H and O–H groups in total. The zero-order valence-electron chi connectivity index (χ0n) is 16.6. The average molecular weight is 457 g/mol. The molecule has 1 aromatic heterocycles. The third kappa shape index (κ3) is 6.93. The molecule has 1 amide bonds. The lowest BCUT2D eigenvalue weighted by molar-refractivity contribution is -0.116. The summed E-state index contributed by atoms with van der Waals surface area (Å²) in [5.74, 6) is 0.800. The predicted molar refractivity (Wildman–Crippen MR) is 124 cm³/mol. The fraction of sp³-hybridized carbons (Fsp3) is 0.524. The van der Waals surface area contributed by atoms with Crippen molar-refractivity contribution in [3.05, 3.63) is 46.5 Å². The first-order valence-corrected chi connectivity index (χ1v) is 10.8. The van der Waals surface area contributed by atoms with Crippen LogP contribution in [-0.4, -0.2) is 35.4 Å². The van der Waals surface area contributed by atoms with Crippen LogP contribution in [0.4, 0.5) is 5.13 Å². The van der Waals surface area contributed by atoms with Gasteiger partial charge in [0.1, 0.15) is 0 Å². The monoisotopic (exact) mass is 456 g/mol. The largest absolute Gasteiger partial charge is 0.317 e. The summed E-state index contributed by atoms with van der Waals surface area (Å²) in [6.07, 6.45) is 4.94. The van der Waals surface area contributed by atoms with Gasteiger partial charge in [-0.25, -0.2) is 4.98 Å². The number of nitrogens with one attached hydrogen (secondary N) is 2. The lowest BCUT2D eigenvalue weighted by Gasteiger charge is -2.25. The predicted octanol–water partition coefficient (Wildman–Crippen LogP) is 4.26. The first-order chi connectivity index (χ1) is 13.3. The van der Waals surface area contributed by atoms with Gasteiger partial charge in [0.25, 0.3) is 0 Å². The number of carbonyl (C=O) groups excluding carboxylic acids is 1. The second-order valence-corrected chi connectivity index (χ2v) is 8.70. The number of hydrogen-bond donors (Lipinski definition) is 2. The standard InChI is InChI=1S/C21H28N4OS.2ClH/c26-20(7-6-16-8-11-22-12-9-16)24-21-23-18-10-13-25(15-19(18)27-21)14-17-4-2-1-3-5-17;;/h1-5,16,22H,6-15H2,(H,23,24,26);2*1H. The van der Waals surface area contributed by atoms with E-state index in [1.165, 1.54) is 23.3 Å². The number of anilines is 1. The van der Waals surface area contributed by atoms with Crippen LogP contribution in [-0.2, 0) is 24.3 Å². The molecule has 2 aliphatic rings. The normalized spacial score (nSPS) is 17.0. The summed E-state index contributed by atoms with van der Waals surface area (Å²) in [5.41, 5.74) is 2.51. The van der Waals surface area contributed by atoms with Gasteiger partial charge < -0.3 is 10.6 Å². The molecule has 2 aliphatic heterocycles. The molecule has 1 saturated heterocycles. The van der Waals surface area contributed by atoms with Gasteiger partial charge in [-0.1, -0.05) is 30.3 Å². The lowest BCUT2D eigenvalue weighted by atomic mass is 9.93. The van der Waals surface area contributed by atoms with E-state index >= 15 is 0 Å². The second kappa shape index (κ2) is 11.9. The summed E-state index contributed by atoms with van der Waals surface area (Å²) < 4.78 is 0. The van der Waals surface area contributed by atoms with E-state index in [9.17, 15) is 4.79 Å². The van der Waals surface area contributed by atoms with Crippen LogP contribution in [0.2, 0.25) is 0 Å². The third-order valence-corrected chi connectivity index (χ3v) is 6.54. The van der Waals surface area contributed by atoms with Gasteiger partial charge in [0.05, 0.1) is 5.69 Å². The van der Waals surface area contributed by atoms with E-state index < -0.39 is 0 Å². The van der Waals surface area contributed by atoms with E-state index in [-0.39, 0.29) is 30.7 Å². The highest BCUT2D eigenvalue weighted by molar-refractivity contribution is 7.15.